The molecule has 2 aromatic carbocycles. The van der Waals surface area contributed by atoms with Crippen LogP contribution < -0.4 is 21.7 Å². The summed E-state index contributed by atoms with van der Waals surface area (Å²) in [4.78, 5) is 45.2. The van der Waals surface area contributed by atoms with E-state index in [1.165, 1.54) is 24.2 Å². The number of fused-ring (bicyclic) bond motifs is 4. The van der Waals surface area contributed by atoms with Crippen molar-refractivity contribution in [2.75, 3.05) is 24.3 Å². The first-order chi connectivity index (χ1) is 20.8. The summed E-state index contributed by atoms with van der Waals surface area (Å²) >= 11 is 6.20. The fourth-order valence-corrected chi connectivity index (χ4v) is 4.93. The predicted octanol–water partition coefficient (Wildman–Crippen LogP) is 3.84. The van der Waals surface area contributed by atoms with Gasteiger partial charge in [0, 0.05) is 40.1 Å². The molecule has 0 aliphatic carbocycles. The number of tetrazole rings is 1. The monoisotopic (exact) mass is 604 g/mol. The molecule has 14 nitrogen and oxygen atoms in total. The number of aromatic amines is 1. The summed E-state index contributed by atoms with van der Waals surface area (Å²) in [7, 11) is 1.28. The molecule has 1 aliphatic heterocycles. The molecular weight excluding hydrogens is 576 g/mol. The van der Waals surface area contributed by atoms with Crippen molar-refractivity contribution in [3.63, 3.8) is 0 Å². The fourth-order valence-electron chi connectivity index (χ4n) is 4.75. The number of nitrogens with zero attached hydrogens (tertiary/aromatic N) is 5. The molecule has 0 saturated heterocycles. The predicted molar refractivity (Wildman–Crippen MR) is 160 cm³/mol. The van der Waals surface area contributed by atoms with Gasteiger partial charge < -0.3 is 26.1 Å². The topological polar surface area (TPSA) is 195 Å². The van der Waals surface area contributed by atoms with E-state index in [0.717, 1.165) is 19.3 Å². The Balaban J connectivity index is 1.45. The number of nitrogens with two attached hydrogens (primary N) is 1. The van der Waals surface area contributed by atoms with E-state index in [0.29, 0.717) is 57.7 Å². The number of nitrogens with one attached hydrogen (secondary N) is 4. The highest BCUT2D eigenvalue weighted by atomic mass is 35.5. The molecule has 6 N–H and O–H groups in total. The number of hydrogen-bond acceptors (Lipinski definition) is 9. The third-order valence-electron chi connectivity index (χ3n) is 6.81. The summed E-state index contributed by atoms with van der Waals surface area (Å²) in [5.74, 6) is -0.683. The number of amides is 3. The molecule has 4 aromatic rings. The molecule has 222 valence electrons. The number of imidazole rings is 1. The number of carbonyl (C=O) groups excluding carboxylic acids is 3. The molecule has 5 rings (SSSR count). The smallest absolute Gasteiger partial charge is 0.411 e. The van der Waals surface area contributed by atoms with Crippen LogP contribution in [0, 0.1) is 0 Å². The largest absolute Gasteiger partial charge is 0.453 e. The number of anilines is 2. The molecule has 15 heteroatoms. The Bertz CT molecular complexity index is 1670. The summed E-state index contributed by atoms with van der Waals surface area (Å²) in [6, 6.07) is 9.77. The van der Waals surface area contributed by atoms with Gasteiger partial charge >= 0.3 is 6.09 Å². The average Bonchev–Trinajstić information content (AvgIpc) is 3.68. The molecule has 2 bridgehead atoms. The number of ether oxygens (including phenoxy) is 1. The van der Waals surface area contributed by atoms with Crippen LogP contribution in [-0.2, 0) is 9.53 Å². The lowest BCUT2D eigenvalue weighted by Gasteiger charge is -2.17. The highest BCUT2D eigenvalue weighted by molar-refractivity contribution is 6.30. The van der Waals surface area contributed by atoms with E-state index in [1.807, 2.05) is 0 Å². The molecule has 3 heterocycles. The highest BCUT2D eigenvalue weighted by Gasteiger charge is 2.25. The minimum absolute atomic E-state index is 0.103. The zero-order chi connectivity index (χ0) is 30.3. The number of aromatic nitrogens is 6. The quantitative estimate of drug-likeness (QED) is 0.203. The molecular formula is C28H29ClN10O4. The van der Waals surface area contributed by atoms with Crippen molar-refractivity contribution in [1.82, 2.24) is 35.5 Å². The Morgan fingerprint density at radius 2 is 2.02 bits per heavy atom. The third kappa shape index (κ3) is 6.98. The lowest BCUT2D eigenvalue weighted by Crippen LogP contribution is -2.28. The average molecular weight is 605 g/mol. The number of hydrogen-bond donors (Lipinski definition) is 5. The Kier molecular flexibility index (Phi) is 8.96. The molecule has 1 aliphatic rings. The molecule has 0 spiro atoms. The number of primary amides is 1. The maximum Gasteiger partial charge on any atom is 0.411 e. The number of methoxy groups -OCH3 is 1. The van der Waals surface area contributed by atoms with Crippen molar-refractivity contribution in [1.29, 1.82) is 0 Å². The van der Waals surface area contributed by atoms with Gasteiger partial charge in [0.1, 0.15) is 23.5 Å². The van der Waals surface area contributed by atoms with Crippen LogP contribution in [0.3, 0.4) is 0 Å². The second kappa shape index (κ2) is 13.2. The number of H-pyrrole nitrogens is 1. The molecule has 0 radical (unpaired) electrons. The van der Waals surface area contributed by atoms with Crippen LogP contribution in [0.2, 0.25) is 5.02 Å². The zero-order valence-corrected chi connectivity index (χ0v) is 23.9. The van der Waals surface area contributed by atoms with Crippen LogP contribution >= 0.6 is 11.6 Å². The lowest BCUT2D eigenvalue weighted by atomic mass is 10.0. The third-order valence-corrected chi connectivity index (χ3v) is 7.04. The van der Waals surface area contributed by atoms with Crippen LogP contribution in [0.4, 0.5) is 16.2 Å². The Morgan fingerprint density at radius 1 is 1.16 bits per heavy atom. The number of benzene rings is 2. The Morgan fingerprint density at radius 3 is 2.79 bits per heavy atom. The standard InChI is InChI=1S/C28H29ClN10O4/c1-43-28(42)33-18-8-9-19-21(14-18)31-12-4-2-3-5-20(27-35-24(19)25(36-27)26(30)41)34-23(40)11-6-16-13-17(29)7-10-22(16)39-15-32-37-38-39/h6-11,13-15,20,31H,2-5,12H2,1H3,(H2,30,41)(H,33,42)(H,34,40)(H,35,36)/t20-/m0/s1. The van der Waals surface area contributed by atoms with E-state index >= 15 is 0 Å². The molecule has 1 atom stereocenters. The molecule has 3 amide bonds. The highest BCUT2D eigenvalue weighted by Crippen LogP contribution is 2.34. The van der Waals surface area contributed by atoms with Gasteiger partial charge in [0.2, 0.25) is 5.91 Å². The van der Waals surface area contributed by atoms with Crippen LogP contribution in [-0.4, -0.2) is 61.7 Å². The van der Waals surface area contributed by atoms with Gasteiger partial charge in [-0.1, -0.05) is 24.4 Å². The van der Waals surface area contributed by atoms with Gasteiger partial charge in [-0.3, -0.25) is 14.9 Å². The summed E-state index contributed by atoms with van der Waals surface area (Å²) in [5, 5.41) is 20.7. The minimum atomic E-state index is -0.701. The van der Waals surface area contributed by atoms with Gasteiger partial charge in [0.15, 0.2) is 0 Å². The minimum Gasteiger partial charge on any atom is -0.453 e. The zero-order valence-electron chi connectivity index (χ0n) is 23.1. The normalized spacial score (nSPS) is 15.0. The SMILES string of the molecule is COC(=O)Nc1ccc2c(c1)NCCCCC[C@H](NC(=O)C=Cc1cc(Cl)ccc1-n1cnnn1)c1nc-2c(C(N)=O)[nH]1. The van der Waals surface area contributed by atoms with Crippen molar-refractivity contribution in [2.45, 2.75) is 31.7 Å². The molecule has 0 unspecified atom stereocenters. The Labute approximate surface area is 251 Å². The molecule has 2 aromatic heterocycles. The van der Waals surface area contributed by atoms with Gasteiger partial charge in [0.05, 0.1) is 18.8 Å². The van der Waals surface area contributed by atoms with Gasteiger partial charge in [-0.2, -0.15) is 4.68 Å². The van der Waals surface area contributed by atoms with Crippen LogP contribution in [0.5, 0.6) is 0 Å². The van der Waals surface area contributed by atoms with Gasteiger partial charge in [-0.15, -0.1) is 5.10 Å². The summed E-state index contributed by atoms with van der Waals surface area (Å²) in [6.45, 7) is 0.640. The Hall–Kier alpha value is -5.24. The first-order valence-electron chi connectivity index (χ1n) is 13.5. The van der Waals surface area contributed by atoms with E-state index in [-0.39, 0.29) is 11.6 Å². The van der Waals surface area contributed by atoms with E-state index in [1.54, 1.807) is 42.5 Å². The fraction of sp³-hybridized carbons (Fsp3) is 0.250. The maximum absolute atomic E-state index is 13.2. The lowest BCUT2D eigenvalue weighted by molar-refractivity contribution is -0.117. The maximum atomic E-state index is 13.2. The van der Waals surface area contributed by atoms with Crippen LogP contribution in [0.25, 0.3) is 23.0 Å². The second-order valence-corrected chi connectivity index (χ2v) is 10.2. The molecule has 0 fully saturated rings. The van der Waals surface area contributed by atoms with Crippen LogP contribution in [0.1, 0.15) is 53.6 Å². The molecule has 0 saturated carbocycles. The molecule has 43 heavy (non-hydrogen) atoms. The van der Waals surface area contributed by atoms with Crippen molar-refractivity contribution in [3.8, 4) is 16.9 Å². The van der Waals surface area contributed by atoms with Gasteiger partial charge in [-0.05, 0) is 65.7 Å². The summed E-state index contributed by atoms with van der Waals surface area (Å²) in [6.07, 6.45) is 6.94. The van der Waals surface area contributed by atoms with E-state index < -0.39 is 18.0 Å². The van der Waals surface area contributed by atoms with Crippen molar-refractivity contribution < 1.29 is 19.1 Å². The van der Waals surface area contributed by atoms with Gasteiger partial charge in [-0.25, -0.2) is 9.78 Å². The van der Waals surface area contributed by atoms with Crippen LogP contribution in [0.15, 0.2) is 48.8 Å². The van der Waals surface area contributed by atoms with Gasteiger partial charge in [0.25, 0.3) is 5.91 Å². The first-order valence-corrected chi connectivity index (χ1v) is 13.8. The van der Waals surface area contributed by atoms with Crippen molar-refractivity contribution in [3.05, 3.63) is 70.9 Å². The van der Waals surface area contributed by atoms with E-state index in [9.17, 15) is 14.4 Å². The number of rotatable bonds is 6. The first kappa shape index (κ1) is 29.3. The summed E-state index contributed by atoms with van der Waals surface area (Å²) < 4.78 is 6.16. The van der Waals surface area contributed by atoms with E-state index in [2.05, 4.69) is 36.5 Å². The number of halogens is 1. The number of carbonyl (C=O) groups is 3. The summed E-state index contributed by atoms with van der Waals surface area (Å²) in [5.41, 5.74) is 9.21. The van der Waals surface area contributed by atoms with Crippen molar-refractivity contribution >= 4 is 47.0 Å². The second-order valence-electron chi connectivity index (χ2n) is 9.71. The van der Waals surface area contributed by atoms with Crippen molar-refractivity contribution in [2.24, 2.45) is 5.73 Å². The van der Waals surface area contributed by atoms with E-state index in [4.69, 9.17) is 27.1 Å².